The minimum absolute atomic E-state index is 0.00848. The van der Waals surface area contributed by atoms with Crippen LogP contribution in [0.1, 0.15) is 15.9 Å². The van der Waals surface area contributed by atoms with Gasteiger partial charge in [0, 0.05) is 11.1 Å². The molecule has 0 heterocycles. The maximum absolute atomic E-state index is 12.0. The van der Waals surface area contributed by atoms with Crippen LogP contribution in [0.25, 0.3) is 0 Å². The highest BCUT2D eigenvalue weighted by Gasteiger charge is 2.35. The van der Waals surface area contributed by atoms with Crippen LogP contribution in [0, 0.1) is 0 Å². The van der Waals surface area contributed by atoms with Gasteiger partial charge >= 0.3 is 0 Å². The van der Waals surface area contributed by atoms with Crippen molar-refractivity contribution in [2.75, 3.05) is 0 Å². The minimum atomic E-state index is -2.60. The molecule has 0 saturated heterocycles. The number of rotatable bonds is 3. The summed E-state index contributed by atoms with van der Waals surface area (Å²) in [7, 11) is 0. The average Bonchev–Trinajstić information content (AvgIpc) is 2.39. The fraction of sp³-hybridized carbons (Fsp3) is 0.0714. The number of phenolic OH excluding ortho intramolecular Hbond substituents is 1. The van der Waals surface area contributed by atoms with E-state index in [1.165, 1.54) is 36.4 Å². The number of aliphatic hydroxyl groups is 2. The predicted octanol–water partition coefficient (Wildman–Crippen LogP) is 1.41. The average molecular weight is 244 g/mol. The lowest BCUT2D eigenvalue weighted by Crippen LogP contribution is -2.35. The second-order valence-corrected chi connectivity index (χ2v) is 3.91. The van der Waals surface area contributed by atoms with Gasteiger partial charge in [-0.15, -0.1) is 0 Å². The zero-order chi connectivity index (χ0) is 13.2. The van der Waals surface area contributed by atoms with Crippen molar-refractivity contribution >= 4 is 5.78 Å². The zero-order valence-corrected chi connectivity index (χ0v) is 9.45. The van der Waals surface area contributed by atoms with Gasteiger partial charge in [0.25, 0.3) is 5.79 Å². The molecule has 0 unspecified atom stereocenters. The topological polar surface area (TPSA) is 77.8 Å². The molecule has 0 fully saturated rings. The largest absolute Gasteiger partial charge is 0.508 e. The van der Waals surface area contributed by atoms with Gasteiger partial charge in [0.2, 0.25) is 5.78 Å². The van der Waals surface area contributed by atoms with Crippen LogP contribution >= 0.6 is 0 Å². The third kappa shape index (κ3) is 2.25. The molecule has 4 nitrogen and oxygen atoms in total. The van der Waals surface area contributed by atoms with Crippen molar-refractivity contribution in [2.45, 2.75) is 5.79 Å². The van der Waals surface area contributed by atoms with Gasteiger partial charge in [-0.25, -0.2) is 0 Å². The first kappa shape index (κ1) is 12.3. The summed E-state index contributed by atoms with van der Waals surface area (Å²) in [5, 5.41) is 29.0. The van der Waals surface area contributed by atoms with Gasteiger partial charge in [-0.05, 0) is 24.3 Å². The van der Waals surface area contributed by atoms with Gasteiger partial charge < -0.3 is 15.3 Å². The van der Waals surface area contributed by atoms with Crippen molar-refractivity contribution in [3.8, 4) is 5.75 Å². The summed E-state index contributed by atoms with van der Waals surface area (Å²) < 4.78 is 0. The van der Waals surface area contributed by atoms with E-state index in [0.717, 1.165) is 0 Å². The second kappa shape index (κ2) is 4.60. The molecular formula is C14H12O4. The number of hydrogen-bond acceptors (Lipinski definition) is 4. The molecule has 0 amide bonds. The molecule has 0 atom stereocenters. The lowest BCUT2D eigenvalue weighted by molar-refractivity contribution is -0.128. The van der Waals surface area contributed by atoms with E-state index in [2.05, 4.69) is 0 Å². The molecule has 2 aromatic rings. The van der Waals surface area contributed by atoms with Crippen LogP contribution in [-0.4, -0.2) is 21.1 Å². The normalized spacial score (nSPS) is 11.2. The molecule has 0 saturated carbocycles. The zero-order valence-electron chi connectivity index (χ0n) is 9.45. The Morgan fingerprint density at radius 2 is 1.44 bits per heavy atom. The first-order valence-electron chi connectivity index (χ1n) is 5.36. The molecule has 18 heavy (non-hydrogen) atoms. The Morgan fingerprint density at radius 3 is 2.00 bits per heavy atom. The summed E-state index contributed by atoms with van der Waals surface area (Å²) in [6.07, 6.45) is 0. The SMILES string of the molecule is O=C(c1ccccc1)C(O)(O)c1ccc(O)cc1. The van der Waals surface area contributed by atoms with E-state index in [0.29, 0.717) is 0 Å². The maximum atomic E-state index is 12.0. The Bertz CT molecular complexity index is 544. The summed E-state index contributed by atoms with van der Waals surface area (Å²) in [5.74, 6) is -3.43. The summed E-state index contributed by atoms with van der Waals surface area (Å²) in [5.41, 5.74) is 0.213. The maximum Gasteiger partial charge on any atom is 0.256 e. The summed E-state index contributed by atoms with van der Waals surface area (Å²) >= 11 is 0. The molecule has 0 aliphatic rings. The first-order valence-corrected chi connectivity index (χ1v) is 5.36. The molecule has 0 radical (unpaired) electrons. The van der Waals surface area contributed by atoms with E-state index in [-0.39, 0.29) is 16.9 Å². The van der Waals surface area contributed by atoms with Crippen LogP contribution in [0.2, 0.25) is 0 Å². The van der Waals surface area contributed by atoms with Gasteiger partial charge in [-0.2, -0.15) is 0 Å². The van der Waals surface area contributed by atoms with E-state index in [1.807, 2.05) is 0 Å². The first-order chi connectivity index (χ1) is 8.51. The Labute approximate surface area is 104 Å². The van der Waals surface area contributed by atoms with Crippen molar-refractivity contribution in [3.05, 3.63) is 65.7 Å². The number of carbonyl (C=O) groups is 1. The molecule has 3 N–H and O–H groups in total. The lowest BCUT2D eigenvalue weighted by atomic mass is 9.96. The van der Waals surface area contributed by atoms with Gasteiger partial charge in [-0.1, -0.05) is 30.3 Å². The molecule has 2 rings (SSSR count). The van der Waals surface area contributed by atoms with Crippen LogP contribution in [0.5, 0.6) is 5.75 Å². The number of hydrogen-bond donors (Lipinski definition) is 3. The smallest absolute Gasteiger partial charge is 0.256 e. The van der Waals surface area contributed by atoms with Crippen LogP contribution in [0.15, 0.2) is 54.6 Å². The molecule has 0 spiro atoms. The summed E-state index contributed by atoms with van der Waals surface area (Å²) in [6, 6.07) is 13.2. The van der Waals surface area contributed by atoms with E-state index in [1.54, 1.807) is 18.2 Å². The monoisotopic (exact) mass is 244 g/mol. The Hall–Kier alpha value is -2.17. The van der Waals surface area contributed by atoms with Crippen LogP contribution in [0.3, 0.4) is 0 Å². The van der Waals surface area contributed by atoms with Gasteiger partial charge in [-0.3, -0.25) is 4.79 Å². The summed E-state index contributed by atoms with van der Waals surface area (Å²) in [4.78, 5) is 12.0. The third-order valence-electron chi connectivity index (χ3n) is 2.62. The Kier molecular flexibility index (Phi) is 3.14. The lowest BCUT2D eigenvalue weighted by Gasteiger charge is -2.20. The molecule has 92 valence electrons. The molecule has 0 bridgehead atoms. The number of ketones is 1. The highest BCUT2D eigenvalue weighted by molar-refractivity contribution is 6.01. The fourth-order valence-corrected chi connectivity index (χ4v) is 1.62. The second-order valence-electron chi connectivity index (χ2n) is 3.91. The van der Waals surface area contributed by atoms with Gasteiger partial charge in [0.15, 0.2) is 0 Å². The van der Waals surface area contributed by atoms with Crippen molar-refractivity contribution in [3.63, 3.8) is 0 Å². The Balaban J connectivity index is 2.37. The van der Waals surface area contributed by atoms with Crippen molar-refractivity contribution in [1.82, 2.24) is 0 Å². The molecule has 0 aliphatic carbocycles. The molecule has 2 aromatic carbocycles. The van der Waals surface area contributed by atoms with Gasteiger partial charge in [0.05, 0.1) is 0 Å². The molecular weight excluding hydrogens is 232 g/mol. The highest BCUT2D eigenvalue weighted by atomic mass is 16.5. The van der Waals surface area contributed by atoms with E-state index < -0.39 is 11.6 Å². The number of aromatic hydroxyl groups is 1. The quantitative estimate of drug-likeness (QED) is 0.563. The number of Topliss-reactive ketones (excluding diaryl/α,β-unsaturated/α-hetero) is 1. The van der Waals surface area contributed by atoms with Crippen LogP contribution in [0.4, 0.5) is 0 Å². The van der Waals surface area contributed by atoms with E-state index in [4.69, 9.17) is 5.11 Å². The molecule has 0 aromatic heterocycles. The summed E-state index contributed by atoms with van der Waals surface area (Å²) in [6.45, 7) is 0. The highest BCUT2D eigenvalue weighted by Crippen LogP contribution is 2.24. The number of benzene rings is 2. The molecule has 4 heteroatoms. The Morgan fingerprint density at radius 1 is 0.889 bits per heavy atom. The number of phenols is 1. The van der Waals surface area contributed by atoms with Crippen LogP contribution in [-0.2, 0) is 5.79 Å². The minimum Gasteiger partial charge on any atom is -0.508 e. The van der Waals surface area contributed by atoms with Gasteiger partial charge in [0.1, 0.15) is 5.75 Å². The standard InChI is InChI=1S/C14H12O4/c15-12-8-6-11(7-9-12)14(17,18)13(16)10-4-2-1-3-5-10/h1-9,15,17-18H. The van der Waals surface area contributed by atoms with Crippen molar-refractivity contribution in [1.29, 1.82) is 0 Å². The molecule has 0 aliphatic heterocycles. The van der Waals surface area contributed by atoms with E-state index in [9.17, 15) is 15.0 Å². The van der Waals surface area contributed by atoms with Crippen molar-refractivity contribution < 1.29 is 20.1 Å². The van der Waals surface area contributed by atoms with Crippen molar-refractivity contribution in [2.24, 2.45) is 0 Å². The van der Waals surface area contributed by atoms with Crippen LogP contribution < -0.4 is 0 Å². The van der Waals surface area contributed by atoms with E-state index >= 15 is 0 Å². The predicted molar refractivity (Wildman–Crippen MR) is 65.0 cm³/mol. The number of carbonyl (C=O) groups excluding carboxylic acids is 1. The third-order valence-corrected chi connectivity index (χ3v) is 2.62. The fourth-order valence-electron chi connectivity index (χ4n) is 1.62.